The summed E-state index contributed by atoms with van der Waals surface area (Å²) in [7, 11) is 0. The molecule has 1 aromatic carbocycles. The van der Waals surface area contributed by atoms with Gasteiger partial charge in [0, 0.05) is 37.2 Å². The van der Waals surface area contributed by atoms with Crippen LogP contribution in [0.1, 0.15) is 58.1 Å². The molecule has 2 aromatic heterocycles. The van der Waals surface area contributed by atoms with E-state index in [1.165, 1.54) is 24.3 Å². The van der Waals surface area contributed by atoms with Gasteiger partial charge in [-0.1, -0.05) is 13.8 Å². The van der Waals surface area contributed by atoms with Gasteiger partial charge in [-0.25, -0.2) is 9.37 Å². The van der Waals surface area contributed by atoms with Gasteiger partial charge in [0.25, 0.3) is 5.91 Å². The maximum atomic E-state index is 13.0. The molecule has 160 valence electrons. The largest absolute Gasteiger partial charge is 0.455 e. The van der Waals surface area contributed by atoms with Crippen LogP contribution in [0.2, 0.25) is 0 Å². The SMILES string of the molecule is Cc1c(C(=O)NCc2ccnc(Oc3ccc(F)cc3)c2)oc2c1C(=O)CC(C)(C)C2. The van der Waals surface area contributed by atoms with Crippen molar-refractivity contribution in [2.75, 3.05) is 0 Å². The maximum Gasteiger partial charge on any atom is 0.287 e. The standard InChI is InChI=1S/C24H23FN2O4/c1-14-21-18(28)11-24(2,3)12-19(21)31-22(14)23(29)27-13-15-8-9-26-20(10-15)30-17-6-4-16(25)5-7-17/h4-10H,11-13H2,1-3H3,(H,27,29). The lowest BCUT2D eigenvalue weighted by Crippen LogP contribution is -2.26. The van der Waals surface area contributed by atoms with Crippen LogP contribution < -0.4 is 10.1 Å². The summed E-state index contributed by atoms with van der Waals surface area (Å²) in [5.74, 6) is 0.835. The fraction of sp³-hybridized carbons (Fsp3) is 0.292. The fourth-order valence-electron chi connectivity index (χ4n) is 3.80. The average molecular weight is 422 g/mol. The number of fused-ring (bicyclic) bond motifs is 1. The molecule has 31 heavy (non-hydrogen) atoms. The van der Waals surface area contributed by atoms with E-state index in [-0.39, 0.29) is 35.2 Å². The molecule has 2 heterocycles. The Bertz CT molecular complexity index is 1150. The number of nitrogens with one attached hydrogen (secondary N) is 1. The fourth-order valence-corrected chi connectivity index (χ4v) is 3.80. The number of Topliss-reactive ketones (excluding diaryl/α,β-unsaturated/α-hetero) is 1. The molecule has 0 fully saturated rings. The first-order valence-electron chi connectivity index (χ1n) is 10.0. The molecule has 1 aliphatic rings. The number of rotatable bonds is 5. The highest BCUT2D eigenvalue weighted by molar-refractivity contribution is 6.03. The van der Waals surface area contributed by atoms with Crippen molar-refractivity contribution < 1.29 is 23.1 Å². The minimum atomic E-state index is -0.379. The molecule has 7 heteroatoms. The Kier molecular flexibility index (Phi) is 5.35. The van der Waals surface area contributed by atoms with Crippen molar-refractivity contribution in [2.24, 2.45) is 5.41 Å². The Morgan fingerprint density at radius 1 is 1.23 bits per heavy atom. The number of nitrogens with zero attached hydrogens (tertiary/aromatic N) is 1. The van der Waals surface area contributed by atoms with Crippen LogP contribution in [0.3, 0.4) is 0 Å². The van der Waals surface area contributed by atoms with Gasteiger partial charge in [0.15, 0.2) is 11.5 Å². The monoisotopic (exact) mass is 422 g/mol. The van der Waals surface area contributed by atoms with Crippen molar-refractivity contribution in [1.82, 2.24) is 10.3 Å². The van der Waals surface area contributed by atoms with Gasteiger partial charge in [0.2, 0.25) is 5.88 Å². The number of furan rings is 1. The van der Waals surface area contributed by atoms with E-state index in [9.17, 15) is 14.0 Å². The van der Waals surface area contributed by atoms with E-state index in [4.69, 9.17) is 9.15 Å². The van der Waals surface area contributed by atoms with Gasteiger partial charge in [0.05, 0.1) is 5.56 Å². The second-order valence-electron chi connectivity index (χ2n) is 8.54. The molecule has 6 nitrogen and oxygen atoms in total. The summed E-state index contributed by atoms with van der Waals surface area (Å²) in [6, 6.07) is 9.07. The molecule has 1 amide bonds. The zero-order valence-corrected chi connectivity index (χ0v) is 17.6. The van der Waals surface area contributed by atoms with E-state index in [0.717, 1.165) is 5.56 Å². The van der Waals surface area contributed by atoms with E-state index in [0.29, 0.717) is 41.4 Å². The number of hydrogen-bond donors (Lipinski definition) is 1. The minimum Gasteiger partial charge on any atom is -0.455 e. The van der Waals surface area contributed by atoms with Crippen molar-refractivity contribution in [3.8, 4) is 11.6 Å². The minimum absolute atomic E-state index is 0.0169. The van der Waals surface area contributed by atoms with E-state index >= 15 is 0 Å². The number of ketones is 1. The van der Waals surface area contributed by atoms with Crippen LogP contribution >= 0.6 is 0 Å². The zero-order chi connectivity index (χ0) is 22.2. The summed E-state index contributed by atoms with van der Waals surface area (Å²) >= 11 is 0. The third-order valence-corrected chi connectivity index (χ3v) is 5.27. The molecule has 0 saturated carbocycles. The number of carbonyl (C=O) groups excluding carboxylic acids is 2. The highest BCUT2D eigenvalue weighted by Gasteiger charge is 2.37. The lowest BCUT2D eigenvalue weighted by Gasteiger charge is -2.27. The summed E-state index contributed by atoms with van der Waals surface area (Å²) in [5.41, 5.74) is 1.72. The first-order chi connectivity index (χ1) is 14.7. The molecule has 0 bridgehead atoms. The Morgan fingerprint density at radius 3 is 2.71 bits per heavy atom. The van der Waals surface area contributed by atoms with E-state index < -0.39 is 0 Å². The van der Waals surface area contributed by atoms with Crippen molar-refractivity contribution in [3.63, 3.8) is 0 Å². The number of aromatic nitrogens is 1. The van der Waals surface area contributed by atoms with Gasteiger partial charge in [-0.3, -0.25) is 9.59 Å². The Balaban J connectivity index is 1.45. The van der Waals surface area contributed by atoms with Crippen LogP contribution in [0.4, 0.5) is 4.39 Å². The third-order valence-electron chi connectivity index (χ3n) is 5.27. The number of carbonyl (C=O) groups is 2. The molecule has 0 atom stereocenters. The van der Waals surface area contributed by atoms with Crippen molar-refractivity contribution >= 4 is 11.7 Å². The van der Waals surface area contributed by atoms with Gasteiger partial charge in [0.1, 0.15) is 17.3 Å². The van der Waals surface area contributed by atoms with E-state index in [1.54, 1.807) is 25.3 Å². The third kappa shape index (κ3) is 4.50. The van der Waals surface area contributed by atoms with Gasteiger partial charge in [-0.2, -0.15) is 0 Å². The van der Waals surface area contributed by atoms with Crippen LogP contribution in [0.15, 0.2) is 47.0 Å². The molecule has 0 unspecified atom stereocenters. The quantitative estimate of drug-likeness (QED) is 0.626. The maximum absolute atomic E-state index is 13.0. The normalized spacial score (nSPS) is 14.8. The van der Waals surface area contributed by atoms with Crippen LogP contribution in [-0.2, 0) is 13.0 Å². The van der Waals surface area contributed by atoms with Gasteiger partial charge in [-0.05, 0) is 48.2 Å². The van der Waals surface area contributed by atoms with E-state index in [1.807, 2.05) is 13.8 Å². The molecule has 0 spiro atoms. The molecule has 1 N–H and O–H groups in total. The van der Waals surface area contributed by atoms with Crippen molar-refractivity contribution in [2.45, 2.75) is 40.2 Å². The van der Waals surface area contributed by atoms with Crippen LogP contribution in [0.25, 0.3) is 0 Å². The Morgan fingerprint density at radius 2 is 1.97 bits per heavy atom. The highest BCUT2D eigenvalue weighted by Crippen LogP contribution is 2.38. The first-order valence-corrected chi connectivity index (χ1v) is 10.0. The number of hydrogen-bond acceptors (Lipinski definition) is 5. The van der Waals surface area contributed by atoms with Crippen LogP contribution in [-0.4, -0.2) is 16.7 Å². The van der Waals surface area contributed by atoms with Crippen molar-refractivity contribution in [1.29, 1.82) is 0 Å². The number of pyridine rings is 1. The predicted molar refractivity (Wildman–Crippen MR) is 112 cm³/mol. The lowest BCUT2D eigenvalue weighted by molar-refractivity contribution is 0.0888. The summed E-state index contributed by atoms with van der Waals surface area (Å²) in [6.45, 7) is 6.00. The van der Waals surface area contributed by atoms with Gasteiger partial charge in [-0.15, -0.1) is 0 Å². The number of benzene rings is 1. The molecule has 0 radical (unpaired) electrons. The predicted octanol–water partition coefficient (Wildman–Crippen LogP) is 5.00. The highest BCUT2D eigenvalue weighted by atomic mass is 19.1. The number of ether oxygens (including phenoxy) is 1. The van der Waals surface area contributed by atoms with Crippen LogP contribution in [0.5, 0.6) is 11.6 Å². The Hall–Kier alpha value is -3.48. The molecular weight excluding hydrogens is 399 g/mol. The second kappa shape index (κ2) is 7.98. The molecule has 4 rings (SSSR count). The van der Waals surface area contributed by atoms with Crippen LogP contribution in [0, 0.1) is 18.2 Å². The first kappa shape index (κ1) is 20.8. The molecule has 0 saturated heterocycles. The van der Waals surface area contributed by atoms with Gasteiger partial charge >= 0.3 is 0 Å². The van der Waals surface area contributed by atoms with E-state index in [2.05, 4.69) is 10.3 Å². The number of halogens is 1. The zero-order valence-electron chi connectivity index (χ0n) is 17.6. The molecular formula is C24H23FN2O4. The van der Waals surface area contributed by atoms with Crippen molar-refractivity contribution in [3.05, 3.63) is 76.6 Å². The topological polar surface area (TPSA) is 81.4 Å². The number of amides is 1. The summed E-state index contributed by atoms with van der Waals surface area (Å²) in [5, 5.41) is 2.82. The summed E-state index contributed by atoms with van der Waals surface area (Å²) in [6.07, 6.45) is 2.63. The second-order valence-corrected chi connectivity index (χ2v) is 8.54. The lowest BCUT2D eigenvalue weighted by atomic mass is 9.76. The average Bonchev–Trinajstić information content (AvgIpc) is 3.03. The Labute approximate surface area is 179 Å². The smallest absolute Gasteiger partial charge is 0.287 e. The van der Waals surface area contributed by atoms with Gasteiger partial charge < -0.3 is 14.5 Å². The summed E-state index contributed by atoms with van der Waals surface area (Å²) < 4.78 is 24.5. The molecule has 3 aromatic rings. The summed E-state index contributed by atoms with van der Waals surface area (Å²) in [4.78, 5) is 29.4. The molecule has 0 aliphatic heterocycles. The molecule has 1 aliphatic carbocycles.